The van der Waals surface area contributed by atoms with Gasteiger partial charge in [0.15, 0.2) is 22.5 Å². The van der Waals surface area contributed by atoms with E-state index in [2.05, 4.69) is 36.7 Å². The summed E-state index contributed by atoms with van der Waals surface area (Å²) in [5, 5.41) is 13.4. The lowest BCUT2D eigenvalue weighted by atomic mass is 10.1. The molecule has 1 aromatic heterocycles. The van der Waals surface area contributed by atoms with E-state index in [4.69, 9.17) is 18.9 Å². The molecule has 39 heavy (non-hydrogen) atoms. The van der Waals surface area contributed by atoms with E-state index in [9.17, 15) is 4.79 Å². The summed E-state index contributed by atoms with van der Waals surface area (Å²) in [6.45, 7) is 0. The van der Waals surface area contributed by atoms with Crippen molar-refractivity contribution in [2.24, 2.45) is 5.10 Å². The van der Waals surface area contributed by atoms with Crippen LogP contribution in [0.5, 0.6) is 23.0 Å². The Morgan fingerprint density at radius 3 is 2.26 bits per heavy atom. The van der Waals surface area contributed by atoms with E-state index < -0.39 is 0 Å². The number of carbonyl (C=O) groups is 1. The van der Waals surface area contributed by atoms with Gasteiger partial charge >= 0.3 is 0 Å². The smallest absolute Gasteiger partial charge is 0.250 e. The quantitative estimate of drug-likeness (QED) is 0.144. The van der Waals surface area contributed by atoms with Gasteiger partial charge in [-0.25, -0.2) is 5.43 Å². The number of rotatable bonds is 11. The van der Waals surface area contributed by atoms with Crippen LogP contribution in [0.4, 0.5) is 0 Å². The van der Waals surface area contributed by atoms with E-state index in [1.54, 1.807) is 46.8 Å². The van der Waals surface area contributed by atoms with Gasteiger partial charge in [-0.1, -0.05) is 30.0 Å². The second-order valence-corrected chi connectivity index (χ2v) is 9.66. The van der Waals surface area contributed by atoms with Gasteiger partial charge in [-0.15, -0.1) is 10.2 Å². The molecule has 0 saturated heterocycles. The average molecular weight is 613 g/mol. The van der Waals surface area contributed by atoms with Crippen LogP contribution in [0.15, 0.2) is 75.4 Å². The molecular formula is C27H26BrN5O5S. The van der Waals surface area contributed by atoms with E-state index in [1.807, 2.05) is 53.1 Å². The Hall–Kier alpha value is -4.03. The van der Waals surface area contributed by atoms with Crippen LogP contribution >= 0.6 is 27.7 Å². The zero-order valence-corrected chi connectivity index (χ0v) is 24.1. The van der Waals surface area contributed by atoms with E-state index in [-0.39, 0.29) is 11.7 Å². The van der Waals surface area contributed by atoms with Gasteiger partial charge in [0, 0.05) is 11.3 Å². The number of aromatic nitrogens is 3. The molecule has 4 rings (SSSR count). The average Bonchev–Trinajstić information content (AvgIpc) is 3.39. The largest absolute Gasteiger partial charge is 0.496 e. The van der Waals surface area contributed by atoms with Crippen molar-refractivity contribution in [3.05, 3.63) is 70.7 Å². The molecule has 12 heteroatoms. The van der Waals surface area contributed by atoms with Crippen molar-refractivity contribution < 1.29 is 23.7 Å². The number of benzene rings is 3. The van der Waals surface area contributed by atoms with Crippen LogP contribution in [0.3, 0.4) is 0 Å². The summed E-state index contributed by atoms with van der Waals surface area (Å²) in [6, 6.07) is 18.7. The third-order valence-corrected chi connectivity index (χ3v) is 7.03. The molecule has 0 atom stereocenters. The van der Waals surface area contributed by atoms with Crippen LogP contribution in [0.1, 0.15) is 5.56 Å². The maximum absolute atomic E-state index is 12.6. The van der Waals surface area contributed by atoms with Gasteiger partial charge in [0.05, 0.1) is 44.9 Å². The first kappa shape index (κ1) is 28.0. The number of ether oxygens (including phenoxy) is 4. The molecule has 4 aromatic rings. The number of nitrogens with one attached hydrogen (secondary N) is 1. The summed E-state index contributed by atoms with van der Waals surface area (Å²) in [5.74, 6) is 2.50. The van der Waals surface area contributed by atoms with Gasteiger partial charge in [0.25, 0.3) is 5.91 Å². The third kappa shape index (κ3) is 6.52. The SMILES string of the molecule is COc1ccc(/C=N\NC(=O)CSc2nnc(-c3cc(OC)c(OC)c(OC)c3)n2-c2ccccc2)cc1Br. The van der Waals surface area contributed by atoms with Crippen molar-refractivity contribution in [1.29, 1.82) is 0 Å². The normalized spacial score (nSPS) is 10.9. The van der Waals surface area contributed by atoms with Crippen molar-refractivity contribution in [3.8, 4) is 40.1 Å². The van der Waals surface area contributed by atoms with Gasteiger partial charge in [0.2, 0.25) is 5.75 Å². The van der Waals surface area contributed by atoms with E-state index in [0.29, 0.717) is 39.5 Å². The number of hydrogen-bond acceptors (Lipinski definition) is 9. The lowest BCUT2D eigenvalue weighted by Gasteiger charge is -2.15. The van der Waals surface area contributed by atoms with E-state index in [0.717, 1.165) is 15.7 Å². The van der Waals surface area contributed by atoms with Crippen molar-refractivity contribution >= 4 is 39.8 Å². The fraction of sp³-hybridized carbons (Fsp3) is 0.185. The Bertz CT molecular complexity index is 1450. The number of hydrogen-bond donors (Lipinski definition) is 1. The standard InChI is InChI=1S/C27H26BrN5O5S/c1-35-21-11-10-17(12-20(21)28)15-29-30-24(34)16-39-27-32-31-26(33(27)19-8-6-5-7-9-19)18-13-22(36-2)25(38-4)23(14-18)37-3/h5-15H,16H2,1-4H3,(H,30,34)/b29-15-. The fourth-order valence-corrected chi connectivity index (χ4v) is 4.98. The second-order valence-electron chi connectivity index (χ2n) is 7.87. The Balaban J connectivity index is 1.56. The first-order valence-electron chi connectivity index (χ1n) is 11.6. The predicted molar refractivity (Wildman–Crippen MR) is 154 cm³/mol. The molecule has 0 radical (unpaired) electrons. The Morgan fingerprint density at radius 2 is 1.64 bits per heavy atom. The molecule has 0 bridgehead atoms. The van der Waals surface area contributed by atoms with Gasteiger partial charge < -0.3 is 18.9 Å². The number of halogens is 1. The molecule has 0 unspecified atom stereocenters. The predicted octanol–water partition coefficient (Wildman–Crippen LogP) is 4.97. The first-order valence-corrected chi connectivity index (χ1v) is 13.4. The highest BCUT2D eigenvalue weighted by atomic mass is 79.9. The highest BCUT2D eigenvalue weighted by Gasteiger charge is 2.21. The Morgan fingerprint density at radius 1 is 0.949 bits per heavy atom. The molecule has 202 valence electrons. The van der Waals surface area contributed by atoms with Crippen LogP contribution in [-0.4, -0.2) is 61.1 Å². The van der Waals surface area contributed by atoms with Gasteiger partial charge in [-0.05, 0) is 64.0 Å². The number of carbonyl (C=O) groups excluding carboxylic acids is 1. The molecule has 0 fully saturated rings. The van der Waals surface area contributed by atoms with Gasteiger partial charge in [-0.3, -0.25) is 9.36 Å². The van der Waals surface area contributed by atoms with Crippen LogP contribution in [0.25, 0.3) is 17.1 Å². The zero-order chi connectivity index (χ0) is 27.8. The molecule has 3 aromatic carbocycles. The summed E-state index contributed by atoms with van der Waals surface area (Å²) in [4.78, 5) is 12.6. The molecule has 10 nitrogen and oxygen atoms in total. The summed E-state index contributed by atoms with van der Waals surface area (Å²) >= 11 is 4.67. The number of para-hydroxylation sites is 1. The summed E-state index contributed by atoms with van der Waals surface area (Å²) in [7, 11) is 6.25. The molecule has 0 aliphatic carbocycles. The second kappa shape index (κ2) is 13.2. The van der Waals surface area contributed by atoms with Crippen molar-refractivity contribution in [1.82, 2.24) is 20.2 Å². The fourth-order valence-electron chi connectivity index (χ4n) is 3.67. The highest BCUT2D eigenvalue weighted by molar-refractivity contribution is 9.10. The number of methoxy groups -OCH3 is 4. The topological polar surface area (TPSA) is 109 Å². The molecule has 0 spiro atoms. The highest BCUT2D eigenvalue weighted by Crippen LogP contribution is 2.41. The lowest BCUT2D eigenvalue weighted by molar-refractivity contribution is -0.118. The van der Waals surface area contributed by atoms with Crippen molar-refractivity contribution in [3.63, 3.8) is 0 Å². The maximum Gasteiger partial charge on any atom is 0.250 e. The lowest BCUT2D eigenvalue weighted by Crippen LogP contribution is -2.20. The Kier molecular flexibility index (Phi) is 9.45. The Labute approximate surface area is 238 Å². The number of amides is 1. The van der Waals surface area contributed by atoms with Crippen LogP contribution in [0.2, 0.25) is 0 Å². The number of nitrogens with zero attached hydrogens (tertiary/aromatic N) is 4. The summed E-state index contributed by atoms with van der Waals surface area (Å²) in [6.07, 6.45) is 1.56. The summed E-state index contributed by atoms with van der Waals surface area (Å²) in [5.41, 5.74) is 4.88. The summed E-state index contributed by atoms with van der Waals surface area (Å²) < 4.78 is 24.4. The van der Waals surface area contributed by atoms with Crippen LogP contribution in [-0.2, 0) is 4.79 Å². The van der Waals surface area contributed by atoms with Crippen molar-refractivity contribution in [2.75, 3.05) is 34.2 Å². The van der Waals surface area contributed by atoms with Crippen LogP contribution in [0, 0.1) is 0 Å². The molecule has 0 aliphatic heterocycles. The molecule has 1 N–H and O–H groups in total. The van der Waals surface area contributed by atoms with Crippen LogP contribution < -0.4 is 24.4 Å². The maximum atomic E-state index is 12.6. The monoisotopic (exact) mass is 611 g/mol. The minimum absolute atomic E-state index is 0.0733. The minimum atomic E-state index is -0.291. The van der Waals surface area contributed by atoms with Crippen molar-refractivity contribution in [2.45, 2.75) is 5.16 Å². The molecule has 0 saturated carbocycles. The minimum Gasteiger partial charge on any atom is -0.496 e. The molecule has 1 heterocycles. The van der Waals surface area contributed by atoms with Gasteiger partial charge in [-0.2, -0.15) is 5.10 Å². The molecule has 0 aliphatic rings. The van der Waals surface area contributed by atoms with Gasteiger partial charge in [0.1, 0.15) is 5.75 Å². The van der Waals surface area contributed by atoms with E-state index in [1.165, 1.54) is 11.8 Å². The van der Waals surface area contributed by atoms with E-state index >= 15 is 0 Å². The third-order valence-electron chi connectivity index (χ3n) is 5.48. The number of thioether (sulfide) groups is 1. The molecule has 1 amide bonds. The molecular weight excluding hydrogens is 586 g/mol. The number of hydrazone groups is 1. The first-order chi connectivity index (χ1) is 19.0. The zero-order valence-electron chi connectivity index (χ0n) is 21.7.